The highest BCUT2D eigenvalue weighted by Crippen LogP contribution is 2.31. The maximum atomic E-state index is 4.10. The van der Waals surface area contributed by atoms with Gasteiger partial charge in [-0.1, -0.05) is 109 Å². The zero-order chi connectivity index (χ0) is 22.9. The molecule has 2 nitrogen and oxygen atoms in total. The summed E-state index contributed by atoms with van der Waals surface area (Å²) in [5, 5.41) is 0. The molecule has 0 spiro atoms. The first-order valence-electron chi connectivity index (χ1n) is 12.5. The topological polar surface area (TPSA) is 6.48 Å². The van der Waals surface area contributed by atoms with E-state index in [1.807, 2.05) is 0 Å². The fraction of sp³-hybridized carbons (Fsp3) is 0.355. The van der Waals surface area contributed by atoms with E-state index in [-0.39, 0.29) is 0 Å². The van der Waals surface area contributed by atoms with E-state index in [1.54, 1.807) is 0 Å². The maximum Gasteiger partial charge on any atom is 0.0258 e. The molecule has 1 fully saturated rings. The highest BCUT2D eigenvalue weighted by Gasteiger charge is 2.34. The van der Waals surface area contributed by atoms with Gasteiger partial charge in [-0.2, -0.15) is 0 Å². The van der Waals surface area contributed by atoms with Crippen molar-refractivity contribution in [3.8, 4) is 0 Å². The van der Waals surface area contributed by atoms with Crippen LogP contribution >= 0.6 is 0 Å². The molecule has 2 atom stereocenters. The summed E-state index contributed by atoms with van der Waals surface area (Å²) in [6.45, 7) is 10.2. The molecule has 0 N–H and O–H groups in total. The largest absolute Gasteiger partial charge is 0.291 e. The van der Waals surface area contributed by atoms with Gasteiger partial charge in [0.25, 0.3) is 0 Å². The minimum atomic E-state index is 0.531. The molecule has 1 saturated carbocycles. The van der Waals surface area contributed by atoms with Crippen molar-refractivity contribution in [2.75, 3.05) is 6.54 Å². The van der Waals surface area contributed by atoms with Gasteiger partial charge in [0.05, 0.1) is 0 Å². The summed E-state index contributed by atoms with van der Waals surface area (Å²) in [6.07, 6.45) is 7.22. The summed E-state index contributed by atoms with van der Waals surface area (Å²) >= 11 is 0. The lowest BCUT2D eigenvalue weighted by molar-refractivity contribution is 0.0400. The average Bonchev–Trinajstić information content (AvgIpc) is 2.86. The second kappa shape index (κ2) is 12.0. The predicted molar refractivity (Wildman–Crippen MR) is 140 cm³/mol. The lowest BCUT2D eigenvalue weighted by Crippen LogP contribution is -2.52. The van der Waals surface area contributed by atoms with Crippen molar-refractivity contribution in [1.82, 2.24) is 9.80 Å². The van der Waals surface area contributed by atoms with Crippen LogP contribution in [0.1, 0.15) is 47.9 Å². The summed E-state index contributed by atoms with van der Waals surface area (Å²) in [6, 6.07) is 32.0. The number of aryl methyl sites for hydroxylation is 1. The van der Waals surface area contributed by atoms with Crippen molar-refractivity contribution in [2.24, 2.45) is 0 Å². The summed E-state index contributed by atoms with van der Waals surface area (Å²) in [4.78, 5) is 5.41. The second-order valence-electron chi connectivity index (χ2n) is 9.50. The van der Waals surface area contributed by atoms with E-state index in [0.717, 1.165) is 26.2 Å². The first-order valence-corrected chi connectivity index (χ1v) is 12.5. The zero-order valence-electron chi connectivity index (χ0n) is 20.1. The van der Waals surface area contributed by atoms with Crippen LogP contribution in [0.4, 0.5) is 0 Å². The van der Waals surface area contributed by atoms with Gasteiger partial charge in [-0.25, -0.2) is 0 Å². The number of benzene rings is 3. The average molecular weight is 439 g/mol. The lowest BCUT2D eigenvalue weighted by Gasteiger charge is -2.45. The third kappa shape index (κ3) is 6.66. The van der Waals surface area contributed by atoms with Crippen LogP contribution in [0.25, 0.3) is 0 Å². The van der Waals surface area contributed by atoms with Gasteiger partial charge in [0.15, 0.2) is 0 Å². The van der Waals surface area contributed by atoms with E-state index < -0.39 is 0 Å². The highest BCUT2D eigenvalue weighted by molar-refractivity contribution is 5.22. The van der Waals surface area contributed by atoms with Gasteiger partial charge in [0, 0.05) is 38.3 Å². The van der Waals surface area contributed by atoms with Crippen LogP contribution in [0.2, 0.25) is 0 Å². The Morgan fingerprint density at radius 3 is 1.64 bits per heavy atom. The molecule has 2 heteroatoms. The second-order valence-corrected chi connectivity index (χ2v) is 9.50. The third-order valence-electron chi connectivity index (χ3n) is 6.96. The molecule has 0 aromatic heterocycles. The Labute approximate surface area is 200 Å². The van der Waals surface area contributed by atoms with Crippen LogP contribution < -0.4 is 0 Å². The molecule has 0 saturated heterocycles. The van der Waals surface area contributed by atoms with Gasteiger partial charge in [-0.05, 0) is 36.5 Å². The van der Waals surface area contributed by atoms with E-state index in [2.05, 4.69) is 114 Å². The fourth-order valence-corrected chi connectivity index (χ4v) is 5.28. The van der Waals surface area contributed by atoms with E-state index in [1.165, 1.54) is 47.9 Å². The Balaban J connectivity index is 1.61. The Hall–Kier alpha value is -2.68. The summed E-state index contributed by atoms with van der Waals surface area (Å²) in [5.41, 5.74) is 5.51. The van der Waals surface area contributed by atoms with Crippen molar-refractivity contribution < 1.29 is 0 Å². The molecule has 172 valence electrons. The summed E-state index contributed by atoms with van der Waals surface area (Å²) in [7, 11) is 0. The van der Waals surface area contributed by atoms with Gasteiger partial charge < -0.3 is 0 Å². The van der Waals surface area contributed by atoms with Gasteiger partial charge in [0.2, 0.25) is 0 Å². The smallest absolute Gasteiger partial charge is 0.0258 e. The normalized spacial score (nSPS) is 18.5. The number of hydrogen-bond donors (Lipinski definition) is 0. The van der Waals surface area contributed by atoms with Gasteiger partial charge in [0.1, 0.15) is 0 Å². The molecule has 33 heavy (non-hydrogen) atoms. The van der Waals surface area contributed by atoms with Gasteiger partial charge >= 0.3 is 0 Å². The van der Waals surface area contributed by atoms with Crippen LogP contribution in [0, 0.1) is 6.92 Å². The monoisotopic (exact) mass is 438 g/mol. The number of nitrogens with zero attached hydrogens (tertiary/aromatic N) is 2. The van der Waals surface area contributed by atoms with Crippen LogP contribution in [0.5, 0.6) is 0 Å². The Kier molecular flexibility index (Phi) is 8.52. The summed E-state index contributed by atoms with van der Waals surface area (Å²) in [5.74, 6) is 0. The highest BCUT2D eigenvalue weighted by atomic mass is 15.2. The van der Waals surface area contributed by atoms with Crippen molar-refractivity contribution in [3.05, 3.63) is 120 Å². The fourth-order valence-electron chi connectivity index (χ4n) is 5.28. The molecule has 0 radical (unpaired) electrons. The molecule has 3 aromatic carbocycles. The van der Waals surface area contributed by atoms with Gasteiger partial charge in [-0.3, -0.25) is 9.80 Å². The Morgan fingerprint density at radius 2 is 1.12 bits per heavy atom. The number of rotatable bonds is 10. The van der Waals surface area contributed by atoms with Crippen molar-refractivity contribution in [1.29, 1.82) is 0 Å². The molecule has 4 rings (SSSR count). The minimum Gasteiger partial charge on any atom is -0.291 e. The summed E-state index contributed by atoms with van der Waals surface area (Å²) < 4.78 is 0. The van der Waals surface area contributed by atoms with E-state index in [0.29, 0.717) is 12.1 Å². The molecular weight excluding hydrogens is 400 g/mol. The first-order chi connectivity index (χ1) is 16.2. The quantitative estimate of drug-likeness (QED) is 0.315. The molecule has 0 heterocycles. The predicted octanol–water partition coefficient (Wildman–Crippen LogP) is 7.00. The maximum absolute atomic E-state index is 4.10. The Bertz CT molecular complexity index is 965. The molecule has 0 bridgehead atoms. The van der Waals surface area contributed by atoms with Crippen molar-refractivity contribution in [3.63, 3.8) is 0 Å². The van der Waals surface area contributed by atoms with Crippen LogP contribution in [-0.2, 0) is 19.6 Å². The molecule has 0 unspecified atom stereocenters. The van der Waals surface area contributed by atoms with Gasteiger partial charge in [-0.15, -0.1) is 6.58 Å². The SMILES string of the molecule is C=CCN(Cc1ccccc1)[C@@H]1CCCC[C@H]1N(Cc1ccccc1)Cc1ccc(C)cc1. The molecule has 3 aromatic rings. The Morgan fingerprint density at radius 1 is 0.667 bits per heavy atom. The zero-order valence-corrected chi connectivity index (χ0v) is 20.1. The van der Waals surface area contributed by atoms with E-state index >= 15 is 0 Å². The van der Waals surface area contributed by atoms with Crippen LogP contribution in [-0.4, -0.2) is 28.4 Å². The first kappa shape index (κ1) is 23.5. The molecule has 1 aliphatic carbocycles. The number of hydrogen-bond acceptors (Lipinski definition) is 2. The molecule has 0 amide bonds. The lowest BCUT2D eigenvalue weighted by atomic mass is 9.87. The standard InChI is InChI=1S/C31H38N2/c1-3-22-32(23-27-12-6-4-7-13-27)30-16-10-11-17-31(30)33(24-28-14-8-5-9-15-28)25-29-20-18-26(2)19-21-29/h3-9,12-15,18-21,30-31H,1,10-11,16-17,22-25H2,2H3/t30-,31-/m1/s1. The van der Waals surface area contributed by atoms with Crippen molar-refractivity contribution in [2.45, 2.75) is 64.3 Å². The van der Waals surface area contributed by atoms with Crippen LogP contribution in [0.15, 0.2) is 97.6 Å². The molecular formula is C31H38N2. The van der Waals surface area contributed by atoms with E-state index in [4.69, 9.17) is 0 Å². The van der Waals surface area contributed by atoms with E-state index in [9.17, 15) is 0 Å². The molecule has 0 aliphatic heterocycles. The van der Waals surface area contributed by atoms with Crippen LogP contribution in [0.3, 0.4) is 0 Å². The third-order valence-corrected chi connectivity index (χ3v) is 6.96. The van der Waals surface area contributed by atoms with Crippen molar-refractivity contribution >= 4 is 0 Å². The molecule has 1 aliphatic rings. The minimum absolute atomic E-state index is 0.531.